The molecule has 0 aromatic heterocycles. The zero-order valence-corrected chi connectivity index (χ0v) is 8.75. The zero-order chi connectivity index (χ0) is 10.2. The lowest BCUT2D eigenvalue weighted by molar-refractivity contribution is -0.146. The van der Waals surface area contributed by atoms with E-state index < -0.39 is 5.97 Å². The van der Waals surface area contributed by atoms with E-state index in [1.807, 2.05) is 0 Å². The molecule has 2 rings (SSSR count). The number of carboxylic acids is 1. The average Bonchev–Trinajstić information content (AvgIpc) is 2.46. The molecule has 2 saturated carbocycles. The van der Waals surface area contributed by atoms with Crippen LogP contribution in [-0.4, -0.2) is 22.7 Å². The van der Waals surface area contributed by atoms with Crippen molar-refractivity contribution in [3.63, 3.8) is 0 Å². The van der Waals surface area contributed by atoms with Crippen LogP contribution in [0.3, 0.4) is 0 Å². The van der Waals surface area contributed by atoms with Crippen molar-refractivity contribution in [2.24, 2.45) is 5.92 Å². The molecule has 2 aliphatic carbocycles. The molecule has 2 N–H and O–H groups in total. The van der Waals surface area contributed by atoms with Crippen molar-refractivity contribution in [1.29, 1.82) is 0 Å². The van der Waals surface area contributed by atoms with Gasteiger partial charge in [-0.05, 0) is 32.6 Å². The molecule has 2 atom stereocenters. The molecule has 2 aliphatic rings. The number of rotatable bonds is 3. The van der Waals surface area contributed by atoms with Crippen molar-refractivity contribution in [2.45, 2.75) is 57.0 Å². The van der Waals surface area contributed by atoms with E-state index in [1.54, 1.807) is 0 Å². The molecule has 0 bridgehead atoms. The van der Waals surface area contributed by atoms with E-state index in [4.69, 9.17) is 5.11 Å². The van der Waals surface area contributed by atoms with Crippen LogP contribution < -0.4 is 5.32 Å². The minimum atomic E-state index is -0.629. The highest BCUT2D eigenvalue weighted by Gasteiger charge is 2.41. The summed E-state index contributed by atoms with van der Waals surface area (Å²) in [4.78, 5) is 10.8. The largest absolute Gasteiger partial charge is 0.481 e. The lowest BCUT2D eigenvalue weighted by Crippen LogP contribution is -2.55. The van der Waals surface area contributed by atoms with Gasteiger partial charge in [0.15, 0.2) is 0 Å². The van der Waals surface area contributed by atoms with Crippen LogP contribution in [0, 0.1) is 5.92 Å². The molecule has 3 heteroatoms. The highest BCUT2D eigenvalue weighted by Crippen LogP contribution is 2.35. The molecule has 0 spiro atoms. The smallest absolute Gasteiger partial charge is 0.308 e. The van der Waals surface area contributed by atoms with E-state index in [0.29, 0.717) is 0 Å². The van der Waals surface area contributed by atoms with Gasteiger partial charge in [-0.15, -0.1) is 0 Å². The molecular formula is C11H19NO2. The fourth-order valence-corrected chi connectivity index (χ4v) is 2.72. The first-order valence-electron chi connectivity index (χ1n) is 5.61. The number of carbonyl (C=O) groups is 1. The summed E-state index contributed by atoms with van der Waals surface area (Å²) < 4.78 is 0. The summed E-state index contributed by atoms with van der Waals surface area (Å²) in [5, 5.41) is 12.5. The van der Waals surface area contributed by atoms with Gasteiger partial charge in [0.25, 0.3) is 0 Å². The SMILES string of the molecule is CC1(NC2CCC2C(=O)O)CCCC1. The summed E-state index contributed by atoms with van der Waals surface area (Å²) in [6.45, 7) is 2.23. The Hall–Kier alpha value is -0.570. The van der Waals surface area contributed by atoms with Crippen molar-refractivity contribution in [2.75, 3.05) is 0 Å². The van der Waals surface area contributed by atoms with Crippen LogP contribution in [0.1, 0.15) is 45.4 Å². The van der Waals surface area contributed by atoms with Gasteiger partial charge in [0.2, 0.25) is 0 Å². The van der Waals surface area contributed by atoms with Gasteiger partial charge in [-0.1, -0.05) is 12.8 Å². The standard InChI is InChI=1S/C11H19NO2/c1-11(6-2-3-7-11)12-9-5-4-8(9)10(13)14/h8-9,12H,2-7H2,1H3,(H,13,14). The van der Waals surface area contributed by atoms with E-state index in [0.717, 1.165) is 12.8 Å². The summed E-state index contributed by atoms with van der Waals surface area (Å²) in [7, 11) is 0. The Morgan fingerprint density at radius 3 is 2.43 bits per heavy atom. The van der Waals surface area contributed by atoms with Gasteiger partial charge in [-0.2, -0.15) is 0 Å². The number of hydrogen-bond donors (Lipinski definition) is 2. The second-order valence-corrected chi connectivity index (χ2v) is 5.04. The van der Waals surface area contributed by atoms with Crippen LogP contribution in [0.15, 0.2) is 0 Å². The number of hydrogen-bond acceptors (Lipinski definition) is 2. The van der Waals surface area contributed by atoms with Crippen LogP contribution in [0.5, 0.6) is 0 Å². The Kier molecular flexibility index (Phi) is 2.52. The van der Waals surface area contributed by atoms with Gasteiger partial charge >= 0.3 is 5.97 Å². The summed E-state index contributed by atoms with van der Waals surface area (Å²) in [5.41, 5.74) is 0.221. The Bertz CT molecular complexity index is 233. The predicted octanol–water partition coefficient (Wildman–Crippen LogP) is 1.77. The van der Waals surface area contributed by atoms with Gasteiger partial charge in [-0.25, -0.2) is 0 Å². The summed E-state index contributed by atoms with van der Waals surface area (Å²) in [6.07, 6.45) is 6.86. The highest BCUT2D eigenvalue weighted by atomic mass is 16.4. The Labute approximate surface area is 84.9 Å². The normalized spacial score (nSPS) is 35.2. The molecule has 0 aliphatic heterocycles. The molecule has 0 amide bonds. The van der Waals surface area contributed by atoms with Crippen molar-refractivity contribution in [1.82, 2.24) is 5.32 Å². The fraction of sp³-hybridized carbons (Fsp3) is 0.909. The maximum absolute atomic E-state index is 10.8. The first-order valence-corrected chi connectivity index (χ1v) is 5.61. The predicted molar refractivity (Wildman–Crippen MR) is 54.2 cm³/mol. The lowest BCUT2D eigenvalue weighted by atomic mass is 9.78. The third-order valence-corrected chi connectivity index (χ3v) is 3.83. The first kappa shape index (κ1) is 9.97. The average molecular weight is 197 g/mol. The van der Waals surface area contributed by atoms with Crippen LogP contribution in [-0.2, 0) is 4.79 Å². The van der Waals surface area contributed by atoms with Crippen LogP contribution >= 0.6 is 0 Å². The van der Waals surface area contributed by atoms with Gasteiger partial charge in [-0.3, -0.25) is 4.79 Å². The summed E-state index contributed by atoms with van der Waals surface area (Å²) >= 11 is 0. The van der Waals surface area contributed by atoms with Crippen LogP contribution in [0.25, 0.3) is 0 Å². The molecule has 2 fully saturated rings. The quantitative estimate of drug-likeness (QED) is 0.725. The third kappa shape index (κ3) is 1.78. The lowest BCUT2D eigenvalue weighted by Gasteiger charge is -2.40. The molecule has 0 saturated heterocycles. The molecular weight excluding hydrogens is 178 g/mol. The van der Waals surface area contributed by atoms with Crippen molar-refractivity contribution in [3.05, 3.63) is 0 Å². The van der Waals surface area contributed by atoms with E-state index in [9.17, 15) is 4.79 Å². The summed E-state index contributed by atoms with van der Waals surface area (Å²) in [6, 6.07) is 0.232. The Morgan fingerprint density at radius 1 is 1.36 bits per heavy atom. The molecule has 0 aromatic rings. The summed E-state index contributed by atoms with van der Waals surface area (Å²) in [5.74, 6) is -0.761. The Balaban J connectivity index is 1.88. The molecule has 0 heterocycles. The van der Waals surface area contributed by atoms with Crippen molar-refractivity contribution >= 4 is 5.97 Å². The maximum Gasteiger partial charge on any atom is 0.308 e. The van der Waals surface area contributed by atoms with Crippen molar-refractivity contribution < 1.29 is 9.90 Å². The molecule has 3 nitrogen and oxygen atoms in total. The zero-order valence-electron chi connectivity index (χ0n) is 8.75. The van der Waals surface area contributed by atoms with E-state index in [1.165, 1.54) is 25.7 Å². The topological polar surface area (TPSA) is 49.3 Å². The van der Waals surface area contributed by atoms with E-state index in [2.05, 4.69) is 12.2 Å². The monoisotopic (exact) mass is 197 g/mol. The van der Waals surface area contributed by atoms with Gasteiger partial charge in [0.1, 0.15) is 0 Å². The van der Waals surface area contributed by atoms with E-state index >= 15 is 0 Å². The van der Waals surface area contributed by atoms with Gasteiger partial charge in [0, 0.05) is 11.6 Å². The highest BCUT2D eigenvalue weighted by molar-refractivity contribution is 5.72. The van der Waals surface area contributed by atoms with E-state index in [-0.39, 0.29) is 17.5 Å². The van der Waals surface area contributed by atoms with Gasteiger partial charge in [0.05, 0.1) is 5.92 Å². The molecule has 80 valence electrons. The molecule has 14 heavy (non-hydrogen) atoms. The van der Waals surface area contributed by atoms with Crippen LogP contribution in [0.2, 0.25) is 0 Å². The maximum atomic E-state index is 10.8. The van der Waals surface area contributed by atoms with Gasteiger partial charge < -0.3 is 10.4 Å². The fourth-order valence-electron chi connectivity index (χ4n) is 2.72. The second-order valence-electron chi connectivity index (χ2n) is 5.04. The number of aliphatic carboxylic acids is 1. The van der Waals surface area contributed by atoms with Crippen LogP contribution in [0.4, 0.5) is 0 Å². The minimum Gasteiger partial charge on any atom is -0.481 e. The number of carboxylic acid groups (broad SMARTS) is 1. The Morgan fingerprint density at radius 2 is 2.00 bits per heavy atom. The molecule has 0 radical (unpaired) electrons. The molecule has 0 aromatic carbocycles. The van der Waals surface area contributed by atoms with Crippen molar-refractivity contribution in [3.8, 4) is 0 Å². The molecule has 2 unspecified atom stereocenters. The third-order valence-electron chi connectivity index (χ3n) is 3.83. The number of nitrogens with one attached hydrogen (secondary N) is 1. The second kappa shape index (κ2) is 3.54. The first-order chi connectivity index (χ1) is 6.61. The minimum absolute atomic E-state index is 0.132.